The number of nitrogens with one attached hydrogen (secondary N) is 1. The van der Waals surface area contributed by atoms with Crippen molar-refractivity contribution in [1.29, 1.82) is 0 Å². The molecule has 1 aliphatic heterocycles. The molecule has 132 valence electrons. The van der Waals surface area contributed by atoms with Crippen LogP contribution in [0.25, 0.3) is 6.08 Å². The van der Waals surface area contributed by atoms with Crippen LogP contribution < -0.4 is 5.32 Å². The summed E-state index contributed by atoms with van der Waals surface area (Å²) < 4.78 is 14.8. The molecule has 0 bridgehead atoms. The lowest BCUT2D eigenvalue weighted by molar-refractivity contribution is 0.197. The normalized spacial score (nSPS) is 19.3. The third-order valence-corrected chi connectivity index (χ3v) is 4.46. The van der Waals surface area contributed by atoms with E-state index in [4.69, 9.17) is 0 Å². The van der Waals surface area contributed by atoms with E-state index in [1.165, 1.54) is 16.3 Å². The Hall–Kier alpha value is -2.77. The highest BCUT2D eigenvalue weighted by Crippen LogP contribution is 2.25. The van der Waals surface area contributed by atoms with Gasteiger partial charge in [-0.15, -0.1) is 0 Å². The number of aryl methyl sites for hydroxylation is 2. The molecule has 3 rings (SSSR count). The average Bonchev–Trinajstić information content (AvgIpc) is 2.97. The van der Waals surface area contributed by atoms with Crippen LogP contribution in [0, 0.1) is 18.7 Å². The SMILES string of the molecule is Cc1cc(/C=C2\CCN(C(=O)Nc3nnnn3C)CC2C)ccc1F. The van der Waals surface area contributed by atoms with E-state index in [1.807, 2.05) is 6.07 Å². The Labute approximate surface area is 145 Å². The lowest BCUT2D eigenvalue weighted by Crippen LogP contribution is -2.42. The standard InChI is InChI=1S/C17H21FN6O/c1-11-8-13(4-5-15(11)18)9-14-6-7-24(10-12(14)2)17(25)19-16-20-21-22-23(16)3/h4-5,8-9,12H,6-7,10H2,1-3H3,(H,19,20,22,25)/b14-9+. The number of anilines is 1. The zero-order valence-corrected chi connectivity index (χ0v) is 14.5. The Bertz CT molecular complexity index is 815. The number of aromatic nitrogens is 4. The summed E-state index contributed by atoms with van der Waals surface area (Å²) in [7, 11) is 1.67. The van der Waals surface area contributed by atoms with Gasteiger partial charge in [0.05, 0.1) is 0 Å². The van der Waals surface area contributed by atoms with E-state index in [2.05, 4.69) is 33.8 Å². The molecule has 25 heavy (non-hydrogen) atoms. The third kappa shape index (κ3) is 3.84. The Morgan fingerprint density at radius 2 is 2.24 bits per heavy atom. The van der Waals surface area contributed by atoms with Crippen molar-refractivity contribution in [3.8, 4) is 0 Å². The number of hydrogen-bond donors (Lipinski definition) is 1. The maximum Gasteiger partial charge on any atom is 0.324 e. The van der Waals surface area contributed by atoms with Crippen molar-refractivity contribution in [2.45, 2.75) is 20.3 Å². The maximum absolute atomic E-state index is 13.4. The molecule has 1 fully saturated rings. The number of carbonyl (C=O) groups excluding carboxylic acids is 1. The molecule has 7 nitrogen and oxygen atoms in total. The van der Waals surface area contributed by atoms with Crippen molar-refractivity contribution < 1.29 is 9.18 Å². The van der Waals surface area contributed by atoms with E-state index < -0.39 is 0 Å². The van der Waals surface area contributed by atoms with Crippen LogP contribution in [0.15, 0.2) is 23.8 Å². The predicted octanol–water partition coefficient (Wildman–Crippen LogP) is 2.61. The van der Waals surface area contributed by atoms with Gasteiger partial charge in [0.25, 0.3) is 5.95 Å². The van der Waals surface area contributed by atoms with Gasteiger partial charge in [0.1, 0.15) is 5.82 Å². The molecule has 8 heteroatoms. The first-order valence-corrected chi connectivity index (χ1v) is 8.19. The zero-order valence-electron chi connectivity index (χ0n) is 14.5. The molecule has 0 saturated carbocycles. The van der Waals surface area contributed by atoms with Crippen molar-refractivity contribution in [3.05, 3.63) is 40.7 Å². The molecular formula is C17H21FN6O. The van der Waals surface area contributed by atoms with Crippen LogP contribution in [0.5, 0.6) is 0 Å². The second-order valence-electron chi connectivity index (χ2n) is 6.38. The summed E-state index contributed by atoms with van der Waals surface area (Å²) in [5.41, 5.74) is 2.88. The Balaban J connectivity index is 1.65. The van der Waals surface area contributed by atoms with E-state index in [1.54, 1.807) is 24.9 Å². The predicted molar refractivity (Wildman–Crippen MR) is 92.3 cm³/mol. The van der Waals surface area contributed by atoms with E-state index >= 15 is 0 Å². The van der Waals surface area contributed by atoms with Crippen molar-refractivity contribution in [3.63, 3.8) is 0 Å². The Morgan fingerprint density at radius 1 is 1.44 bits per heavy atom. The van der Waals surface area contributed by atoms with Crippen LogP contribution in [-0.2, 0) is 7.05 Å². The van der Waals surface area contributed by atoms with Gasteiger partial charge in [0, 0.05) is 20.1 Å². The van der Waals surface area contributed by atoms with Crippen LogP contribution in [-0.4, -0.2) is 44.2 Å². The van der Waals surface area contributed by atoms with Crippen LogP contribution in [0.2, 0.25) is 0 Å². The monoisotopic (exact) mass is 344 g/mol. The highest BCUT2D eigenvalue weighted by atomic mass is 19.1. The number of rotatable bonds is 2. The molecule has 1 atom stereocenters. The number of hydrogen-bond acceptors (Lipinski definition) is 4. The molecule has 1 unspecified atom stereocenters. The number of nitrogens with zero attached hydrogens (tertiary/aromatic N) is 5. The average molecular weight is 344 g/mol. The number of amides is 2. The third-order valence-electron chi connectivity index (χ3n) is 4.46. The van der Waals surface area contributed by atoms with Gasteiger partial charge in [-0.05, 0) is 52.9 Å². The first kappa shape index (κ1) is 17.1. The number of carbonyl (C=O) groups is 1. The van der Waals surface area contributed by atoms with Gasteiger partial charge in [0.2, 0.25) is 0 Å². The zero-order chi connectivity index (χ0) is 18.0. The van der Waals surface area contributed by atoms with Crippen molar-refractivity contribution in [1.82, 2.24) is 25.1 Å². The summed E-state index contributed by atoms with van der Waals surface area (Å²) in [5.74, 6) is 0.350. The van der Waals surface area contributed by atoms with E-state index in [0.717, 1.165) is 12.0 Å². The van der Waals surface area contributed by atoms with Crippen molar-refractivity contribution in [2.75, 3.05) is 18.4 Å². The number of likely N-dealkylation sites (tertiary alicyclic amines) is 1. The second kappa shape index (κ2) is 7.00. The largest absolute Gasteiger partial charge is 0.324 e. The molecule has 1 saturated heterocycles. The molecule has 1 N–H and O–H groups in total. The summed E-state index contributed by atoms with van der Waals surface area (Å²) in [5, 5.41) is 13.7. The smallest absolute Gasteiger partial charge is 0.324 e. The summed E-state index contributed by atoms with van der Waals surface area (Å²) in [6, 6.07) is 4.91. The van der Waals surface area contributed by atoms with Gasteiger partial charge in [-0.2, -0.15) is 0 Å². The molecule has 0 spiro atoms. The van der Waals surface area contributed by atoms with Crippen LogP contribution in [0.1, 0.15) is 24.5 Å². The number of piperidine rings is 1. The van der Waals surface area contributed by atoms with E-state index in [-0.39, 0.29) is 17.8 Å². The summed E-state index contributed by atoms with van der Waals surface area (Å²) in [6.07, 6.45) is 2.88. The van der Waals surface area contributed by atoms with E-state index in [0.29, 0.717) is 24.6 Å². The molecule has 2 aromatic rings. The molecule has 2 amide bonds. The minimum atomic E-state index is -0.207. The Kier molecular flexibility index (Phi) is 4.78. The lowest BCUT2D eigenvalue weighted by atomic mass is 9.91. The molecule has 0 aliphatic carbocycles. The molecule has 0 radical (unpaired) electrons. The van der Waals surface area contributed by atoms with Gasteiger partial charge in [-0.25, -0.2) is 13.9 Å². The minimum Gasteiger partial charge on any atom is -0.324 e. The lowest BCUT2D eigenvalue weighted by Gasteiger charge is -2.33. The highest BCUT2D eigenvalue weighted by Gasteiger charge is 2.25. The topological polar surface area (TPSA) is 75.9 Å². The summed E-state index contributed by atoms with van der Waals surface area (Å²) in [6.45, 7) is 5.08. The van der Waals surface area contributed by atoms with Crippen molar-refractivity contribution >= 4 is 18.1 Å². The molecule has 1 aromatic heterocycles. The van der Waals surface area contributed by atoms with Gasteiger partial charge < -0.3 is 4.90 Å². The number of tetrazole rings is 1. The van der Waals surface area contributed by atoms with Crippen molar-refractivity contribution in [2.24, 2.45) is 13.0 Å². The van der Waals surface area contributed by atoms with Gasteiger partial charge in [-0.1, -0.05) is 29.7 Å². The van der Waals surface area contributed by atoms with Gasteiger partial charge >= 0.3 is 6.03 Å². The number of benzene rings is 1. The van der Waals surface area contributed by atoms with E-state index in [9.17, 15) is 9.18 Å². The van der Waals surface area contributed by atoms with Crippen LogP contribution >= 0.6 is 0 Å². The first-order valence-electron chi connectivity index (χ1n) is 8.19. The summed E-state index contributed by atoms with van der Waals surface area (Å²) in [4.78, 5) is 14.1. The molecule has 1 aliphatic rings. The fourth-order valence-electron chi connectivity index (χ4n) is 2.93. The highest BCUT2D eigenvalue weighted by molar-refractivity contribution is 5.87. The minimum absolute atomic E-state index is 0.194. The Morgan fingerprint density at radius 3 is 2.88 bits per heavy atom. The van der Waals surface area contributed by atoms with Crippen LogP contribution in [0.4, 0.5) is 15.1 Å². The van der Waals surface area contributed by atoms with Gasteiger partial charge in [0.15, 0.2) is 0 Å². The summed E-state index contributed by atoms with van der Waals surface area (Å²) >= 11 is 0. The molecule has 1 aromatic carbocycles. The van der Waals surface area contributed by atoms with Gasteiger partial charge in [-0.3, -0.25) is 5.32 Å². The maximum atomic E-state index is 13.4. The first-order chi connectivity index (χ1) is 11.9. The molecule has 2 heterocycles. The quantitative estimate of drug-likeness (QED) is 0.909. The number of urea groups is 1. The number of halogens is 1. The molecular weight excluding hydrogens is 323 g/mol. The van der Waals surface area contributed by atoms with Crippen LogP contribution in [0.3, 0.4) is 0 Å². The fourth-order valence-corrected chi connectivity index (χ4v) is 2.93. The fraction of sp³-hybridized carbons (Fsp3) is 0.412. The second-order valence-corrected chi connectivity index (χ2v) is 6.38.